The number of hydrogen-bond acceptors (Lipinski definition) is 5. The molecule has 0 saturated carbocycles. The maximum absolute atomic E-state index is 6.66. The summed E-state index contributed by atoms with van der Waals surface area (Å²) in [5, 5.41) is 6.49. The Bertz CT molecular complexity index is 3340. The fourth-order valence-electron chi connectivity index (χ4n) is 9.03. The van der Waals surface area contributed by atoms with Crippen LogP contribution in [0.5, 0.6) is 5.75 Å². The first-order chi connectivity index (χ1) is 28.7. The Morgan fingerprint density at radius 3 is 2.00 bits per heavy atom. The van der Waals surface area contributed by atoms with Gasteiger partial charge in [0.1, 0.15) is 23.0 Å². The summed E-state index contributed by atoms with van der Waals surface area (Å²) in [6.45, 7) is 0. The quantitative estimate of drug-likeness (QED) is 0.176. The first kappa shape index (κ1) is 32.6. The number of para-hydroxylation sites is 2. The molecule has 3 heterocycles. The van der Waals surface area contributed by atoms with Crippen LogP contribution in [0.4, 0.5) is 0 Å². The lowest BCUT2D eigenvalue weighted by Gasteiger charge is -2.27. The van der Waals surface area contributed by atoms with Crippen molar-refractivity contribution in [1.82, 2.24) is 15.0 Å². The number of aromatic nitrogens is 3. The number of rotatable bonds is 5. The summed E-state index contributed by atoms with van der Waals surface area (Å²) in [5.41, 5.74) is 10.3. The van der Waals surface area contributed by atoms with Gasteiger partial charge in [-0.3, -0.25) is 0 Å². The Hall–Kier alpha value is -7.63. The lowest BCUT2D eigenvalue weighted by molar-refractivity contribution is 0.272. The van der Waals surface area contributed by atoms with Gasteiger partial charge in [-0.05, 0) is 86.3 Å². The van der Waals surface area contributed by atoms with E-state index in [1.165, 1.54) is 16.7 Å². The zero-order valence-electron chi connectivity index (χ0n) is 31.2. The number of benzene rings is 8. The van der Waals surface area contributed by atoms with Gasteiger partial charge in [0.05, 0.1) is 5.92 Å². The molecule has 8 aromatic carbocycles. The smallest absolute Gasteiger partial charge is 0.164 e. The number of ether oxygens (including phenoxy) is 1. The molecule has 0 N–H and O–H groups in total. The van der Waals surface area contributed by atoms with Crippen LogP contribution >= 0.6 is 0 Å². The molecule has 0 radical (unpaired) electrons. The van der Waals surface area contributed by atoms with Crippen molar-refractivity contribution in [2.45, 2.75) is 12.0 Å². The van der Waals surface area contributed by atoms with Gasteiger partial charge in [-0.15, -0.1) is 0 Å². The van der Waals surface area contributed by atoms with Crippen molar-refractivity contribution in [3.8, 4) is 39.9 Å². The van der Waals surface area contributed by atoms with Gasteiger partial charge in [0.25, 0.3) is 0 Å². The molecule has 2 aromatic heterocycles. The maximum Gasteiger partial charge on any atom is 0.164 e. The fourth-order valence-corrected chi connectivity index (χ4v) is 9.03. The van der Waals surface area contributed by atoms with Crippen molar-refractivity contribution in [3.05, 3.63) is 205 Å². The monoisotopic (exact) mass is 743 g/mol. The maximum atomic E-state index is 6.66. The summed E-state index contributed by atoms with van der Waals surface area (Å²) < 4.78 is 13.0. The molecule has 1 aliphatic heterocycles. The van der Waals surface area contributed by atoms with Gasteiger partial charge in [-0.2, -0.15) is 0 Å². The lowest BCUT2D eigenvalue weighted by Crippen LogP contribution is -2.21. The van der Waals surface area contributed by atoms with Crippen molar-refractivity contribution in [3.63, 3.8) is 0 Å². The highest BCUT2D eigenvalue weighted by molar-refractivity contribution is 6.12. The molecule has 0 bridgehead atoms. The molecular weight excluding hydrogens is 711 g/mol. The molecule has 2 unspecified atom stereocenters. The van der Waals surface area contributed by atoms with Crippen LogP contribution in [0.15, 0.2) is 192 Å². The van der Waals surface area contributed by atoms with Crippen LogP contribution in [-0.4, -0.2) is 21.1 Å². The Balaban J connectivity index is 1.08. The predicted octanol–water partition coefficient (Wildman–Crippen LogP) is 13.1. The molecule has 10 aromatic rings. The molecule has 58 heavy (non-hydrogen) atoms. The minimum absolute atomic E-state index is 0.0477. The van der Waals surface area contributed by atoms with E-state index in [1.807, 2.05) is 30.3 Å². The molecule has 0 spiro atoms. The second-order valence-electron chi connectivity index (χ2n) is 15.0. The molecule has 2 aliphatic rings. The fraction of sp³-hybridized carbons (Fsp3) is 0.0377. The molecule has 5 nitrogen and oxygen atoms in total. The Kier molecular flexibility index (Phi) is 7.29. The number of furan rings is 1. The zero-order valence-corrected chi connectivity index (χ0v) is 31.2. The van der Waals surface area contributed by atoms with E-state index >= 15 is 0 Å². The Morgan fingerprint density at radius 1 is 0.448 bits per heavy atom. The summed E-state index contributed by atoms with van der Waals surface area (Å²) >= 11 is 0. The van der Waals surface area contributed by atoms with Gasteiger partial charge >= 0.3 is 0 Å². The van der Waals surface area contributed by atoms with Crippen molar-refractivity contribution >= 4 is 54.6 Å². The van der Waals surface area contributed by atoms with Gasteiger partial charge in [0.15, 0.2) is 17.5 Å². The van der Waals surface area contributed by atoms with Crippen LogP contribution in [0.3, 0.4) is 0 Å². The molecular formula is C53H33N3O2. The van der Waals surface area contributed by atoms with Crippen LogP contribution in [-0.2, 0) is 0 Å². The molecule has 0 fully saturated rings. The van der Waals surface area contributed by atoms with Gasteiger partial charge in [0.2, 0.25) is 0 Å². The van der Waals surface area contributed by atoms with E-state index in [0.717, 1.165) is 77.1 Å². The van der Waals surface area contributed by atoms with E-state index in [9.17, 15) is 0 Å². The number of fused-ring (bicyclic) bond motifs is 8. The summed E-state index contributed by atoms with van der Waals surface area (Å²) in [5.74, 6) is 2.80. The topological polar surface area (TPSA) is 61.0 Å². The highest BCUT2D eigenvalue weighted by atomic mass is 16.5. The van der Waals surface area contributed by atoms with Crippen molar-refractivity contribution in [2.24, 2.45) is 0 Å². The largest absolute Gasteiger partial charge is 0.485 e. The molecule has 2 atom stereocenters. The third-order valence-corrected chi connectivity index (χ3v) is 11.7. The van der Waals surface area contributed by atoms with E-state index in [2.05, 4.69) is 158 Å². The Labute approximate surface area is 334 Å². The van der Waals surface area contributed by atoms with E-state index < -0.39 is 0 Å². The SMILES string of the molecule is C1=C(c2ccccc2)C=C(c2ccc(-c3nc(-c4ccc5ccccc5c4)nc(-c4cccc5oc6ccccc6c45)n3)c3ccccc23)C2c3ccccc3OC12. The predicted molar refractivity (Wildman–Crippen MR) is 234 cm³/mol. The van der Waals surface area contributed by atoms with Gasteiger partial charge in [-0.1, -0.05) is 146 Å². The average Bonchev–Trinajstić information content (AvgIpc) is 3.87. The standard InChI is InChI=1S/C53H33N3O2/c1-2-13-32(14-3-1)36-30-44(50-42-20-9-11-23-46(42)58-48(50)31-36)39-27-28-40(38-18-7-6-17-37(38)39)52-54-51(35-26-25-33-15-4-5-16-34(33)29-35)55-53(56-52)43-21-12-24-47-49(43)41-19-8-10-22-45(41)57-47/h1-31,48,50H. The van der Waals surface area contributed by atoms with E-state index in [0.29, 0.717) is 17.5 Å². The van der Waals surface area contributed by atoms with E-state index in [4.69, 9.17) is 24.1 Å². The molecule has 0 amide bonds. The highest BCUT2D eigenvalue weighted by Crippen LogP contribution is 2.51. The van der Waals surface area contributed by atoms with Crippen LogP contribution in [0.1, 0.15) is 22.6 Å². The molecule has 272 valence electrons. The molecule has 0 saturated heterocycles. The number of nitrogens with zero attached hydrogens (tertiary/aromatic N) is 3. The van der Waals surface area contributed by atoms with E-state index in [-0.39, 0.29) is 12.0 Å². The van der Waals surface area contributed by atoms with E-state index in [1.54, 1.807) is 0 Å². The minimum Gasteiger partial charge on any atom is -0.485 e. The molecule has 5 heteroatoms. The molecule has 1 aliphatic carbocycles. The zero-order chi connectivity index (χ0) is 38.2. The average molecular weight is 744 g/mol. The van der Waals surface area contributed by atoms with Crippen molar-refractivity contribution in [2.75, 3.05) is 0 Å². The first-order valence-corrected chi connectivity index (χ1v) is 19.7. The second-order valence-corrected chi connectivity index (χ2v) is 15.0. The molecule has 12 rings (SSSR count). The minimum atomic E-state index is -0.122. The van der Waals surface area contributed by atoms with Crippen LogP contribution in [0, 0.1) is 0 Å². The van der Waals surface area contributed by atoms with Crippen molar-refractivity contribution in [1.29, 1.82) is 0 Å². The van der Waals surface area contributed by atoms with Gasteiger partial charge in [-0.25, -0.2) is 15.0 Å². The van der Waals surface area contributed by atoms with Gasteiger partial charge in [0, 0.05) is 33.0 Å². The Morgan fingerprint density at radius 2 is 1.12 bits per heavy atom. The lowest BCUT2D eigenvalue weighted by atomic mass is 9.77. The van der Waals surface area contributed by atoms with Crippen LogP contribution in [0.25, 0.3) is 88.8 Å². The van der Waals surface area contributed by atoms with Crippen LogP contribution in [0.2, 0.25) is 0 Å². The summed E-state index contributed by atoms with van der Waals surface area (Å²) in [4.78, 5) is 15.8. The third kappa shape index (κ3) is 5.21. The third-order valence-electron chi connectivity index (χ3n) is 11.7. The van der Waals surface area contributed by atoms with Gasteiger partial charge < -0.3 is 9.15 Å². The normalized spacial score (nSPS) is 15.9. The summed E-state index contributed by atoms with van der Waals surface area (Å²) in [6, 6.07) is 61.1. The first-order valence-electron chi connectivity index (χ1n) is 19.7. The highest BCUT2D eigenvalue weighted by Gasteiger charge is 2.39. The number of allylic oxidation sites excluding steroid dienone is 2. The second kappa shape index (κ2) is 13.0. The summed E-state index contributed by atoms with van der Waals surface area (Å²) in [7, 11) is 0. The van der Waals surface area contributed by atoms with Crippen molar-refractivity contribution < 1.29 is 9.15 Å². The number of hydrogen-bond donors (Lipinski definition) is 0. The summed E-state index contributed by atoms with van der Waals surface area (Å²) in [6.07, 6.45) is 4.52. The van der Waals surface area contributed by atoms with Crippen LogP contribution < -0.4 is 4.74 Å².